The highest BCUT2D eigenvalue weighted by Crippen LogP contribution is 2.29. The lowest BCUT2D eigenvalue weighted by atomic mass is 10.1. The molecule has 0 saturated heterocycles. The van der Waals surface area contributed by atoms with E-state index in [4.69, 9.17) is 5.73 Å². The lowest BCUT2D eigenvalue weighted by Crippen LogP contribution is -1.90. The lowest BCUT2D eigenvalue weighted by molar-refractivity contribution is 0.603. The Bertz CT molecular complexity index is 468. The first-order valence-corrected chi connectivity index (χ1v) is 4.71. The average molecular weight is 212 g/mol. The normalized spacial score (nSPS) is 10.4. The number of nitrogens with two attached hydrogens (primary N) is 1. The van der Waals surface area contributed by atoms with Crippen molar-refractivity contribution in [1.29, 1.82) is 0 Å². The summed E-state index contributed by atoms with van der Waals surface area (Å²) in [4.78, 5) is 3.87. The van der Waals surface area contributed by atoms with Crippen molar-refractivity contribution in [2.24, 2.45) is 0 Å². The van der Waals surface area contributed by atoms with Crippen LogP contribution in [0.4, 0.5) is 13.8 Å². The molecule has 2 rings (SSSR count). The molecule has 0 saturated carbocycles. The Labute approximate surface area is 83.0 Å². The van der Waals surface area contributed by atoms with Gasteiger partial charge in [0.1, 0.15) is 22.3 Å². The van der Waals surface area contributed by atoms with Gasteiger partial charge in [0.2, 0.25) is 0 Å². The monoisotopic (exact) mass is 212 g/mol. The van der Waals surface area contributed by atoms with E-state index < -0.39 is 11.6 Å². The van der Waals surface area contributed by atoms with Crippen molar-refractivity contribution in [3.05, 3.63) is 35.3 Å². The quantitative estimate of drug-likeness (QED) is 0.789. The zero-order chi connectivity index (χ0) is 10.1. The number of halogens is 2. The van der Waals surface area contributed by atoms with E-state index in [0.717, 1.165) is 18.2 Å². The van der Waals surface area contributed by atoms with Gasteiger partial charge in [0.05, 0.1) is 5.51 Å². The van der Waals surface area contributed by atoms with Crippen LogP contribution >= 0.6 is 11.3 Å². The van der Waals surface area contributed by atoms with Crippen molar-refractivity contribution in [1.82, 2.24) is 4.98 Å². The first-order valence-electron chi connectivity index (χ1n) is 3.83. The summed E-state index contributed by atoms with van der Waals surface area (Å²) >= 11 is 1.19. The molecule has 2 N–H and O–H groups in total. The summed E-state index contributed by atoms with van der Waals surface area (Å²) in [6.07, 6.45) is 0. The predicted octanol–water partition coefficient (Wildman–Crippen LogP) is 2.67. The van der Waals surface area contributed by atoms with Gasteiger partial charge < -0.3 is 5.73 Å². The zero-order valence-electron chi connectivity index (χ0n) is 7.00. The summed E-state index contributed by atoms with van der Waals surface area (Å²) in [5, 5.41) is 0.384. The third kappa shape index (κ3) is 1.46. The number of aromatic nitrogens is 1. The van der Waals surface area contributed by atoms with Crippen molar-refractivity contribution >= 4 is 16.3 Å². The van der Waals surface area contributed by atoms with Gasteiger partial charge in [-0.25, -0.2) is 13.8 Å². The summed E-state index contributed by atoms with van der Waals surface area (Å²) < 4.78 is 26.1. The molecule has 0 fully saturated rings. The van der Waals surface area contributed by atoms with Crippen molar-refractivity contribution in [3.8, 4) is 11.3 Å². The minimum Gasteiger partial charge on any atom is -0.389 e. The van der Waals surface area contributed by atoms with Crippen LogP contribution in [0.2, 0.25) is 0 Å². The Balaban J connectivity index is 2.62. The number of nitrogen functional groups attached to an aromatic ring is 1. The maximum atomic E-state index is 13.3. The summed E-state index contributed by atoms with van der Waals surface area (Å²) in [7, 11) is 0. The molecular weight excluding hydrogens is 206 g/mol. The fourth-order valence-corrected chi connectivity index (χ4v) is 1.68. The molecule has 0 radical (unpaired) electrons. The summed E-state index contributed by atoms with van der Waals surface area (Å²) in [5.74, 6) is -1.03. The third-order valence-electron chi connectivity index (χ3n) is 1.78. The summed E-state index contributed by atoms with van der Waals surface area (Å²) in [6, 6.07) is 3.20. The van der Waals surface area contributed by atoms with Crippen LogP contribution in [0.15, 0.2) is 23.7 Å². The number of benzene rings is 1. The minimum absolute atomic E-state index is 0.101. The van der Waals surface area contributed by atoms with Gasteiger partial charge in [-0.05, 0) is 18.2 Å². The van der Waals surface area contributed by atoms with E-state index in [1.54, 1.807) is 0 Å². The standard InChI is InChI=1S/C9H6F2N2S/c10-5-1-2-7(11)6(3-5)8-9(12)14-4-13-8/h1-4H,12H2. The molecule has 0 bridgehead atoms. The highest BCUT2D eigenvalue weighted by Gasteiger charge is 2.11. The van der Waals surface area contributed by atoms with Crippen LogP contribution in [-0.4, -0.2) is 4.98 Å². The molecule has 0 aliphatic heterocycles. The molecular formula is C9H6F2N2S. The van der Waals surface area contributed by atoms with E-state index in [9.17, 15) is 8.78 Å². The number of rotatable bonds is 1. The molecule has 2 aromatic rings. The van der Waals surface area contributed by atoms with Crippen molar-refractivity contribution in [2.75, 3.05) is 5.73 Å². The van der Waals surface area contributed by atoms with Crippen LogP contribution in [-0.2, 0) is 0 Å². The minimum atomic E-state index is -0.524. The Morgan fingerprint density at radius 2 is 2.07 bits per heavy atom. The maximum absolute atomic E-state index is 13.3. The molecule has 72 valence electrons. The van der Waals surface area contributed by atoms with Crippen molar-refractivity contribution in [3.63, 3.8) is 0 Å². The predicted molar refractivity (Wildman–Crippen MR) is 51.9 cm³/mol. The Morgan fingerprint density at radius 1 is 1.29 bits per heavy atom. The van der Waals surface area contributed by atoms with Gasteiger partial charge in [-0.3, -0.25) is 0 Å². The second-order valence-corrected chi connectivity index (χ2v) is 3.58. The molecule has 1 heterocycles. The zero-order valence-corrected chi connectivity index (χ0v) is 7.81. The van der Waals surface area contributed by atoms with Crippen LogP contribution < -0.4 is 5.73 Å². The highest BCUT2D eigenvalue weighted by atomic mass is 32.1. The van der Waals surface area contributed by atoms with E-state index in [1.165, 1.54) is 16.8 Å². The maximum Gasteiger partial charge on any atom is 0.132 e. The van der Waals surface area contributed by atoms with Crippen LogP contribution in [0, 0.1) is 11.6 Å². The van der Waals surface area contributed by atoms with E-state index in [1.807, 2.05) is 0 Å². The van der Waals surface area contributed by atoms with Crippen molar-refractivity contribution < 1.29 is 8.78 Å². The van der Waals surface area contributed by atoms with Crippen LogP contribution in [0.5, 0.6) is 0 Å². The van der Waals surface area contributed by atoms with Gasteiger partial charge in [-0.2, -0.15) is 0 Å². The topological polar surface area (TPSA) is 38.9 Å². The second kappa shape index (κ2) is 3.34. The first-order chi connectivity index (χ1) is 6.68. The van der Waals surface area contributed by atoms with Gasteiger partial charge in [-0.1, -0.05) is 0 Å². The molecule has 0 atom stereocenters. The number of anilines is 1. The molecule has 0 aliphatic rings. The van der Waals surface area contributed by atoms with E-state index in [-0.39, 0.29) is 5.56 Å². The second-order valence-electron chi connectivity index (χ2n) is 2.69. The van der Waals surface area contributed by atoms with Crippen LogP contribution in [0.25, 0.3) is 11.3 Å². The Kier molecular flexibility index (Phi) is 2.17. The summed E-state index contributed by atoms with van der Waals surface area (Å²) in [5.41, 5.74) is 7.45. The van der Waals surface area contributed by atoms with E-state index in [0.29, 0.717) is 10.7 Å². The number of thiazole rings is 1. The van der Waals surface area contributed by atoms with Crippen LogP contribution in [0.3, 0.4) is 0 Å². The molecule has 1 aromatic carbocycles. The van der Waals surface area contributed by atoms with Gasteiger partial charge in [0, 0.05) is 5.56 Å². The molecule has 5 heteroatoms. The Morgan fingerprint density at radius 3 is 2.71 bits per heavy atom. The molecule has 2 nitrogen and oxygen atoms in total. The van der Waals surface area contributed by atoms with Gasteiger partial charge in [0.15, 0.2) is 0 Å². The molecule has 0 spiro atoms. The Hall–Kier alpha value is -1.49. The average Bonchev–Trinajstić information content (AvgIpc) is 2.56. The van der Waals surface area contributed by atoms with Gasteiger partial charge >= 0.3 is 0 Å². The summed E-state index contributed by atoms with van der Waals surface area (Å²) in [6.45, 7) is 0. The third-order valence-corrected chi connectivity index (χ3v) is 2.44. The van der Waals surface area contributed by atoms with Crippen molar-refractivity contribution in [2.45, 2.75) is 0 Å². The molecule has 1 aromatic heterocycles. The number of nitrogens with zero attached hydrogens (tertiary/aromatic N) is 1. The van der Waals surface area contributed by atoms with Gasteiger partial charge in [0.25, 0.3) is 0 Å². The number of hydrogen-bond donors (Lipinski definition) is 1. The molecule has 0 unspecified atom stereocenters. The van der Waals surface area contributed by atoms with E-state index in [2.05, 4.69) is 4.98 Å². The number of hydrogen-bond acceptors (Lipinski definition) is 3. The molecule has 14 heavy (non-hydrogen) atoms. The highest BCUT2D eigenvalue weighted by molar-refractivity contribution is 7.14. The molecule has 0 aliphatic carbocycles. The smallest absolute Gasteiger partial charge is 0.132 e. The first kappa shape index (κ1) is 9.08. The largest absolute Gasteiger partial charge is 0.389 e. The lowest BCUT2D eigenvalue weighted by Gasteiger charge is -2.00. The van der Waals surface area contributed by atoms with Crippen LogP contribution in [0.1, 0.15) is 0 Å². The fraction of sp³-hybridized carbons (Fsp3) is 0. The SMILES string of the molecule is Nc1scnc1-c1cc(F)ccc1F. The van der Waals surface area contributed by atoms with Gasteiger partial charge in [-0.15, -0.1) is 11.3 Å². The van der Waals surface area contributed by atoms with E-state index >= 15 is 0 Å². The molecule has 0 amide bonds. The fourth-order valence-electron chi connectivity index (χ4n) is 1.14.